The smallest absolute Gasteiger partial charge is 0.179 e. The summed E-state index contributed by atoms with van der Waals surface area (Å²) in [5.74, 6) is 0. The fourth-order valence-electron chi connectivity index (χ4n) is 2.07. The van der Waals surface area contributed by atoms with Crippen LogP contribution in [0.4, 0.5) is 0 Å². The van der Waals surface area contributed by atoms with Gasteiger partial charge >= 0.3 is 0 Å². The zero-order valence-corrected chi connectivity index (χ0v) is 10.5. The minimum atomic E-state index is -0.102. The summed E-state index contributed by atoms with van der Waals surface area (Å²) in [6.07, 6.45) is 5.48. The van der Waals surface area contributed by atoms with Crippen molar-refractivity contribution in [2.45, 2.75) is 53.2 Å². The molecule has 0 N–H and O–H groups in total. The summed E-state index contributed by atoms with van der Waals surface area (Å²) in [6, 6.07) is 0. The van der Waals surface area contributed by atoms with Crippen molar-refractivity contribution in [1.29, 1.82) is 0 Å². The van der Waals surface area contributed by atoms with Gasteiger partial charge in [0.05, 0.1) is 13.2 Å². The van der Waals surface area contributed by atoms with Gasteiger partial charge in [0, 0.05) is 5.41 Å². The fourth-order valence-corrected chi connectivity index (χ4v) is 2.07. The zero-order chi connectivity index (χ0) is 11.3. The number of hydrogen-bond acceptors (Lipinski definition) is 2. The SMILES string of the molecule is CC/C=C(\C)C1OCC(C)(CCC)CO1. The van der Waals surface area contributed by atoms with E-state index >= 15 is 0 Å². The molecule has 88 valence electrons. The highest BCUT2D eigenvalue weighted by molar-refractivity contribution is 5.02. The van der Waals surface area contributed by atoms with Gasteiger partial charge in [-0.25, -0.2) is 0 Å². The Kier molecular flexibility index (Phi) is 4.81. The second-order valence-corrected chi connectivity index (χ2v) is 4.87. The summed E-state index contributed by atoms with van der Waals surface area (Å²) >= 11 is 0. The van der Waals surface area contributed by atoms with E-state index in [0.717, 1.165) is 19.6 Å². The van der Waals surface area contributed by atoms with E-state index in [1.165, 1.54) is 18.4 Å². The van der Waals surface area contributed by atoms with E-state index in [1.54, 1.807) is 0 Å². The Bertz CT molecular complexity index is 213. The molecule has 0 amide bonds. The third-order valence-electron chi connectivity index (χ3n) is 2.92. The van der Waals surface area contributed by atoms with Gasteiger partial charge in [-0.3, -0.25) is 0 Å². The number of ether oxygens (including phenoxy) is 2. The highest BCUT2D eigenvalue weighted by atomic mass is 16.7. The van der Waals surface area contributed by atoms with Crippen molar-refractivity contribution < 1.29 is 9.47 Å². The number of hydrogen-bond donors (Lipinski definition) is 0. The van der Waals surface area contributed by atoms with Crippen molar-refractivity contribution in [2.75, 3.05) is 13.2 Å². The normalized spacial score (nSPS) is 33.1. The molecule has 15 heavy (non-hydrogen) atoms. The molecule has 1 rings (SSSR count). The van der Waals surface area contributed by atoms with Crippen LogP contribution >= 0.6 is 0 Å². The molecule has 1 heterocycles. The maximum Gasteiger partial charge on any atom is 0.179 e. The average Bonchev–Trinajstić information content (AvgIpc) is 2.19. The molecule has 0 saturated carbocycles. The van der Waals surface area contributed by atoms with Gasteiger partial charge in [-0.05, 0) is 25.3 Å². The molecule has 2 nitrogen and oxygen atoms in total. The monoisotopic (exact) mass is 212 g/mol. The molecule has 0 aromatic heterocycles. The van der Waals surface area contributed by atoms with E-state index < -0.39 is 0 Å². The highest BCUT2D eigenvalue weighted by Gasteiger charge is 2.32. The molecule has 0 atom stereocenters. The van der Waals surface area contributed by atoms with E-state index in [9.17, 15) is 0 Å². The molecule has 0 radical (unpaired) electrons. The van der Waals surface area contributed by atoms with Gasteiger partial charge in [0.25, 0.3) is 0 Å². The molecule has 0 unspecified atom stereocenters. The molecule has 0 aromatic carbocycles. The topological polar surface area (TPSA) is 18.5 Å². The lowest BCUT2D eigenvalue weighted by Crippen LogP contribution is -2.40. The van der Waals surface area contributed by atoms with Crippen LogP contribution in [0.5, 0.6) is 0 Å². The average molecular weight is 212 g/mol. The lowest BCUT2D eigenvalue weighted by molar-refractivity contribution is -0.209. The van der Waals surface area contributed by atoms with Gasteiger partial charge < -0.3 is 9.47 Å². The Labute approximate surface area is 93.7 Å². The van der Waals surface area contributed by atoms with Crippen LogP contribution in [-0.4, -0.2) is 19.5 Å². The second-order valence-electron chi connectivity index (χ2n) is 4.87. The Morgan fingerprint density at radius 3 is 2.40 bits per heavy atom. The standard InChI is InChI=1S/C13H24O2/c1-5-7-11(3)12-14-9-13(4,8-6-2)10-15-12/h7,12H,5-6,8-10H2,1-4H3/b11-7+. The molecule has 1 saturated heterocycles. The largest absolute Gasteiger partial charge is 0.348 e. The minimum Gasteiger partial charge on any atom is -0.348 e. The van der Waals surface area contributed by atoms with Gasteiger partial charge in [-0.1, -0.05) is 33.3 Å². The molecular formula is C13H24O2. The van der Waals surface area contributed by atoms with E-state index in [4.69, 9.17) is 9.47 Å². The van der Waals surface area contributed by atoms with Crippen LogP contribution in [0.1, 0.15) is 47.0 Å². The van der Waals surface area contributed by atoms with Crippen molar-refractivity contribution in [2.24, 2.45) is 5.41 Å². The van der Waals surface area contributed by atoms with E-state index in [-0.39, 0.29) is 11.7 Å². The van der Waals surface area contributed by atoms with Gasteiger partial charge in [0.15, 0.2) is 6.29 Å². The van der Waals surface area contributed by atoms with Gasteiger partial charge in [0.2, 0.25) is 0 Å². The lowest BCUT2D eigenvalue weighted by Gasteiger charge is -2.37. The lowest BCUT2D eigenvalue weighted by atomic mass is 9.87. The van der Waals surface area contributed by atoms with Gasteiger partial charge in [0.1, 0.15) is 0 Å². The molecule has 1 aliphatic heterocycles. The summed E-state index contributed by atoms with van der Waals surface area (Å²) in [4.78, 5) is 0. The van der Waals surface area contributed by atoms with Crippen LogP contribution in [0.15, 0.2) is 11.6 Å². The molecule has 2 heteroatoms. The predicted molar refractivity (Wildman–Crippen MR) is 62.8 cm³/mol. The maximum atomic E-state index is 5.77. The quantitative estimate of drug-likeness (QED) is 0.664. The summed E-state index contributed by atoms with van der Waals surface area (Å²) in [5.41, 5.74) is 1.42. The summed E-state index contributed by atoms with van der Waals surface area (Å²) < 4.78 is 11.5. The number of allylic oxidation sites excluding steroid dienone is 1. The third kappa shape index (κ3) is 3.62. The van der Waals surface area contributed by atoms with Crippen LogP contribution in [0, 0.1) is 5.41 Å². The maximum absolute atomic E-state index is 5.77. The highest BCUT2D eigenvalue weighted by Crippen LogP contribution is 2.30. The summed E-state index contributed by atoms with van der Waals surface area (Å²) in [6.45, 7) is 10.3. The Morgan fingerprint density at radius 1 is 1.33 bits per heavy atom. The Morgan fingerprint density at radius 2 is 1.93 bits per heavy atom. The second kappa shape index (κ2) is 5.66. The van der Waals surface area contributed by atoms with Gasteiger partial charge in [-0.15, -0.1) is 0 Å². The molecular weight excluding hydrogens is 188 g/mol. The van der Waals surface area contributed by atoms with Crippen LogP contribution in [0.25, 0.3) is 0 Å². The molecule has 1 aliphatic rings. The molecule has 0 spiro atoms. The van der Waals surface area contributed by atoms with Crippen molar-refractivity contribution in [3.8, 4) is 0 Å². The van der Waals surface area contributed by atoms with Crippen LogP contribution < -0.4 is 0 Å². The first-order valence-electron chi connectivity index (χ1n) is 6.01. The summed E-state index contributed by atoms with van der Waals surface area (Å²) in [5, 5.41) is 0. The molecule has 0 bridgehead atoms. The first-order chi connectivity index (χ1) is 7.11. The Balaban J connectivity index is 2.45. The van der Waals surface area contributed by atoms with E-state index in [1.807, 2.05) is 0 Å². The third-order valence-corrected chi connectivity index (χ3v) is 2.92. The first kappa shape index (κ1) is 12.7. The summed E-state index contributed by atoms with van der Waals surface area (Å²) in [7, 11) is 0. The fraction of sp³-hybridized carbons (Fsp3) is 0.846. The molecule has 0 aromatic rings. The van der Waals surface area contributed by atoms with Crippen molar-refractivity contribution in [1.82, 2.24) is 0 Å². The van der Waals surface area contributed by atoms with Gasteiger partial charge in [-0.2, -0.15) is 0 Å². The van der Waals surface area contributed by atoms with Crippen molar-refractivity contribution in [3.63, 3.8) is 0 Å². The Hall–Kier alpha value is -0.340. The molecule has 0 aliphatic carbocycles. The van der Waals surface area contributed by atoms with E-state index in [2.05, 4.69) is 33.8 Å². The first-order valence-corrected chi connectivity index (χ1v) is 6.01. The van der Waals surface area contributed by atoms with Crippen LogP contribution in [0.2, 0.25) is 0 Å². The van der Waals surface area contributed by atoms with Crippen molar-refractivity contribution in [3.05, 3.63) is 11.6 Å². The number of rotatable bonds is 4. The molecule has 1 fully saturated rings. The van der Waals surface area contributed by atoms with Crippen LogP contribution in [-0.2, 0) is 9.47 Å². The zero-order valence-electron chi connectivity index (χ0n) is 10.5. The predicted octanol–water partition coefficient (Wildman–Crippen LogP) is 3.52. The van der Waals surface area contributed by atoms with Crippen molar-refractivity contribution >= 4 is 0 Å². The van der Waals surface area contributed by atoms with Crippen LogP contribution in [0.3, 0.4) is 0 Å². The van der Waals surface area contributed by atoms with E-state index in [0.29, 0.717) is 0 Å². The minimum absolute atomic E-state index is 0.102.